The maximum atomic E-state index is 12.3. The molecule has 7 heteroatoms. The minimum atomic E-state index is -3.23. The van der Waals surface area contributed by atoms with E-state index >= 15 is 0 Å². The molecule has 1 aromatic rings. The SMILES string of the molecule is CSc1cccc(NC(=O)C2CCCN(S(C)(=O)=O)C2)c1. The maximum Gasteiger partial charge on any atom is 0.228 e. The lowest BCUT2D eigenvalue weighted by Gasteiger charge is -2.30. The van der Waals surface area contributed by atoms with Crippen LogP contribution in [0.5, 0.6) is 0 Å². The van der Waals surface area contributed by atoms with Crippen LogP contribution in [0.4, 0.5) is 5.69 Å². The van der Waals surface area contributed by atoms with Gasteiger partial charge in [-0.15, -0.1) is 11.8 Å². The largest absolute Gasteiger partial charge is 0.326 e. The maximum absolute atomic E-state index is 12.3. The van der Waals surface area contributed by atoms with Crippen LogP contribution < -0.4 is 5.32 Å². The van der Waals surface area contributed by atoms with Gasteiger partial charge in [0.1, 0.15) is 0 Å². The first kappa shape index (κ1) is 16.3. The molecule has 0 aromatic heterocycles. The highest BCUT2D eigenvalue weighted by atomic mass is 32.2. The Morgan fingerprint density at radius 3 is 2.86 bits per heavy atom. The summed E-state index contributed by atoms with van der Waals surface area (Å²) in [6.07, 6.45) is 4.61. The van der Waals surface area contributed by atoms with Gasteiger partial charge in [-0.2, -0.15) is 0 Å². The fraction of sp³-hybridized carbons (Fsp3) is 0.500. The molecule has 1 atom stereocenters. The van der Waals surface area contributed by atoms with E-state index in [9.17, 15) is 13.2 Å². The number of nitrogens with one attached hydrogen (secondary N) is 1. The first-order valence-electron chi connectivity index (χ1n) is 6.80. The molecule has 1 heterocycles. The van der Waals surface area contributed by atoms with Crippen LogP contribution in [0.1, 0.15) is 12.8 Å². The van der Waals surface area contributed by atoms with Crippen molar-refractivity contribution in [3.05, 3.63) is 24.3 Å². The van der Waals surface area contributed by atoms with Gasteiger partial charge in [-0.25, -0.2) is 12.7 Å². The number of thioether (sulfide) groups is 1. The minimum Gasteiger partial charge on any atom is -0.326 e. The van der Waals surface area contributed by atoms with Crippen LogP contribution in [-0.2, 0) is 14.8 Å². The van der Waals surface area contributed by atoms with E-state index in [1.807, 2.05) is 30.5 Å². The summed E-state index contributed by atoms with van der Waals surface area (Å²) < 4.78 is 24.6. The zero-order valence-corrected chi connectivity index (χ0v) is 13.8. The van der Waals surface area contributed by atoms with Gasteiger partial charge in [0.25, 0.3) is 0 Å². The normalized spacial score (nSPS) is 20.2. The Balaban J connectivity index is 2.02. The first-order chi connectivity index (χ1) is 9.90. The number of anilines is 1. The van der Waals surface area contributed by atoms with Crippen molar-refractivity contribution in [1.82, 2.24) is 4.31 Å². The number of sulfonamides is 1. The molecule has 1 fully saturated rings. The molecule has 1 N–H and O–H groups in total. The van der Waals surface area contributed by atoms with Gasteiger partial charge in [0.15, 0.2) is 0 Å². The van der Waals surface area contributed by atoms with Crippen molar-refractivity contribution in [2.45, 2.75) is 17.7 Å². The Morgan fingerprint density at radius 1 is 1.43 bits per heavy atom. The quantitative estimate of drug-likeness (QED) is 0.859. The number of nitrogens with zero attached hydrogens (tertiary/aromatic N) is 1. The number of rotatable bonds is 4. The summed E-state index contributed by atoms with van der Waals surface area (Å²) >= 11 is 1.61. The molecule has 1 saturated heterocycles. The number of carbonyl (C=O) groups is 1. The zero-order chi connectivity index (χ0) is 15.5. The van der Waals surface area contributed by atoms with E-state index < -0.39 is 10.0 Å². The second-order valence-corrected chi connectivity index (χ2v) is 8.04. The average molecular weight is 328 g/mol. The topological polar surface area (TPSA) is 66.5 Å². The summed E-state index contributed by atoms with van der Waals surface area (Å²) in [7, 11) is -3.23. The molecular formula is C14H20N2O3S2. The third-order valence-electron chi connectivity index (χ3n) is 3.56. The van der Waals surface area contributed by atoms with Crippen LogP contribution >= 0.6 is 11.8 Å². The molecule has 1 aliphatic heterocycles. The predicted molar refractivity (Wildman–Crippen MR) is 86.0 cm³/mol. The summed E-state index contributed by atoms with van der Waals surface area (Å²) in [5.74, 6) is -0.395. The molecular weight excluding hydrogens is 308 g/mol. The smallest absolute Gasteiger partial charge is 0.228 e. The van der Waals surface area contributed by atoms with E-state index in [-0.39, 0.29) is 18.4 Å². The zero-order valence-electron chi connectivity index (χ0n) is 12.2. The molecule has 116 valence electrons. The Labute approximate surface area is 130 Å². The molecule has 0 radical (unpaired) electrons. The summed E-state index contributed by atoms with van der Waals surface area (Å²) in [6.45, 7) is 0.775. The molecule has 1 aliphatic rings. The summed E-state index contributed by atoms with van der Waals surface area (Å²) in [5, 5.41) is 2.88. The summed E-state index contributed by atoms with van der Waals surface area (Å²) in [5.41, 5.74) is 0.753. The molecule has 0 bridgehead atoms. The van der Waals surface area contributed by atoms with Gasteiger partial charge in [-0.3, -0.25) is 4.79 Å². The van der Waals surface area contributed by atoms with Crippen molar-refractivity contribution < 1.29 is 13.2 Å². The van der Waals surface area contributed by atoms with Crippen LogP contribution in [-0.4, -0.2) is 44.2 Å². The molecule has 0 spiro atoms. The monoisotopic (exact) mass is 328 g/mol. The van der Waals surface area contributed by atoms with E-state index in [0.717, 1.165) is 23.4 Å². The van der Waals surface area contributed by atoms with Gasteiger partial charge < -0.3 is 5.32 Å². The Hall–Kier alpha value is -1.05. The number of hydrogen-bond acceptors (Lipinski definition) is 4. The van der Waals surface area contributed by atoms with E-state index in [1.54, 1.807) is 11.8 Å². The molecule has 5 nitrogen and oxygen atoms in total. The minimum absolute atomic E-state index is 0.110. The second-order valence-electron chi connectivity index (χ2n) is 5.18. The number of benzene rings is 1. The van der Waals surface area contributed by atoms with Crippen LogP contribution in [0.15, 0.2) is 29.2 Å². The van der Waals surface area contributed by atoms with E-state index in [0.29, 0.717) is 6.54 Å². The van der Waals surface area contributed by atoms with Crippen LogP contribution in [0.2, 0.25) is 0 Å². The van der Waals surface area contributed by atoms with Crippen LogP contribution in [0.3, 0.4) is 0 Å². The first-order valence-corrected chi connectivity index (χ1v) is 9.87. The van der Waals surface area contributed by atoms with Gasteiger partial charge in [-0.05, 0) is 37.3 Å². The van der Waals surface area contributed by atoms with Crippen molar-refractivity contribution >= 4 is 33.4 Å². The van der Waals surface area contributed by atoms with E-state index in [4.69, 9.17) is 0 Å². The van der Waals surface area contributed by atoms with Crippen molar-refractivity contribution in [3.63, 3.8) is 0 Å². The second kappa shape index (κ2) is 6.81. The highest BCUT2D eigenvalue weighted by molar-refractivity contribution is 7.98. The van der Waals surface area contributed by atoms with E-state index in [1.165, 1.54) is 10.6 Å². The van der Waals surface area contributed by atoms with Gasteiger partial charge in [-0.1, -0.05) is 6.07 Å². The van der Waals surface area contributed by atoms with Crippen LogP contribution in [0, 0.1) is 5.92 Å². The predicted octanol–water partition coefficient (Wildman–Crippen LogP) is 2.02. The van der Waals surface area contributed by atoms with Crippen molar-refractivity contribution in [3.8, 4) is 0 Å². The highest BCUT2D eigenvalue weighted by Gasteiger charge is 2.30. The van der Waals surface area contributed by atoms with Gasteiger partial charge in [0, 0.05) is 23.7 Å². The fourth-order valence-electron chi connectivity index (χ4n) is 2.40. The Kier molecular flexibility index (Phi) is 5.29. The third-order valence-corrected chi connectivity index (χ3v) is 5.56. The Morgan fingerprint density at radius 2 is 2.19 bits per heavy atom. The molecule has 1 unspecified atom stereocenters. The van der Waals surface area contributed by atoms with Gasteiger partial charge in [0.2, 0.25) is 15.9 Å². The third kappa shape index (κ3) is 4.46. The van der Waals surface area contributed by atoms with Crippen molar-refractivity contribution in [2.24, 2.45) is 5.92 Å². The fourth-order valence-corrected chi connectivity index (χ4v) is 3.77. The number of carbonyl (C=O) groups excluding carboxylic acids is 1. The molecule has 1 aromatic carbocycles. The summed E-state index contributed by atoms with van der Waals surface area (Å²) in [6, 6.07) is 7.63. The molecule has 0 aliphatic carbocycles. The lowest BCUT2D eigenvalue weighted by Crippen LogP contribution is -2.43. The molecule has 0 saturated carbocycles. The van der Waals surface area contributed by atoms with Crippen molar-refractivity contribution in [1.29, 1.82) is 0 Å². The summed E-state index contributed by atoms with van der Waals surface area (Å²) in [4.78, 5) is 13.4. The molecule has 2 rings (SSSR count). The number of piperidine rings is 1. The lowest BCUT2D eigenvalue weighted by atomic mass is 9.99. The van der Waals surface area contributed by atoms with Gasteiger partial charge in [0.05, 0.1) is 12.2 Å². The lowest BCUT2D eigenvalue weighted by molar-refractivity contribution is -0.120. The highest BCUT2D eigenvalue weighted by Crippen LogP contribution is 2.22. The van der Waals surface area contributed by atoms with Crippen molar-refractivity contribution in [2.75, 3.05) is 30.9 Å². The molecule has 21 heavy (non-hydrogen) atoms. The van der Waals surface area contributed by atoms with Gasteiger partial charge >= 0.3 is 0 Å². The van der Waals surface area contributed by atoms with E-state index in [2.05, 4.69) is 5.32 Å². The molecule has 1 amide bonds. The Bertz CT molecular complexity index is 616. The average Bonchev–Trinajstić information content (AvgIpc) is 2.46. The standard InChI is InChI=1S/C14H20N2O3S2/c1-20-13-7-3-6-12(9-13)15-14(17)11-5-4-8-16(10-11)21(2,18)19/h3,6-7,9,11H,4-5,8,10H2,1-2H3,(H,15,17). The number of hydrogen-bond donors (Lipinski definition) is 1. The van der Waals surface area contributed by atoms with Crippen LogP contribution in [0.25, 0.3) is 0 Å². The number of amides is 1.